The lowest BCUT2D eigenvalue weighted by Gasteiger charge is -2.15. The number of carbonyl (C=O) groups is 1. The van der Waals surface area contributed by atoms with Crippen molar-refractivity contribution in [2.45, 2.75) is 33.2 Å². The summed E-state index contributed by atoms with van der Waals surface area (Å²) in [6, 6.07) is 1.23. The maximum atomic E-state index is 12.3. The summed E-state index contributed by atoms with van der Waals surface area (Å²) in [5.74, 6) is 0.323. The van der Waals surface area contributed by atoms with Gasteiger partial charge in [-0.3, -0.25) is 9.59 Å². The van der Waals surface area contributed by atoms with Gasteiger partial charge in [-0.2, -0.15) is 0 Å². The fraction of sp³-hybridized carbons (Fsp3) is 0.400. The highest BCUT2D eigenvalue weighted by Crippen LogP contribution is 2.13. The van der Waals surface area contributed by atoms with Crippen LogP contribution in [0.1, 0.15) is 47.0 Å². The fourth-order valence-electron chi connectivity index (χ4n) is 2.11. The summed E-state index contributed by atoms with van der Waals surface area (Å²) >= 11 is 0. The Kier molecular flexibility index (Phi) is 4.26. The first-order chi connectivity index (χ1) is 9.92. The summed E-state index contributed by atoms with van der Waals surface area (Å²) in [4.78, 5) is 31.6. The summed E-state index contributed by atoms with van der Waals surface area (Å²) in [5.41, 5.74) is 1.62. The molecule has 2 aromatic heterocycles. The van der Waals surface area contributed by atoms with Crippen LogP contribution in [0.4, 0.5) is 0 Å². The van der Waals surface area contributed by atoms with Gasteiger partial charge in [0.2, 0.25) is 0 Å². The zero-order valence-electron chi connectivity index (χ0n) is 12.7. The van der Waals surface area contributed by atoms with Crippen molar-refractivity contribution in [3.8, 4) is 0 Å². The van der Waals surface area contributed by atoms with Crippen molar-refractivity contribution in [3.05, 3.63) is 51.5 Å². The van der Waals surface area contributed by atoms with E-state index in [1.54, 1.807) is 24.0 Å². The molecule has 0 aliphatic heterocycles. The van der Waals surface area contributed by atoms with Gasteiger partial charge in [-0.15, -0.1) is 0 Å². The molecule has 2 heterocycles. The minimum absolute atomic E-state index is 0.143. The van der Waals surface area contributed by atoms with E-state index in [9.17, 15) is 9.59 Å². The van der Waals surface area contributed by atoms with Gasteiger partial charge in [0.15, 0.2) is 5.43 Å². The van der Waals surface area contributed by atoms with E-state index in [1.165, 1.54) is 6.07 Å². The fourth-order valence-corrected chi connectivity index (χ4v) is 2.11. The summed E-state index contributed by atoms with van der Waals surface area (Å²) in [6.07, 6.45) is 3.97. The number of pyridine rings is 1. The largest absolute Gasteiger partial charge is 0.354 e. The number of carbonyl (C=O) groups excluding carboxylic acids is 1. The van der Waals surface area contributed by atoms with E-state index in [1.807, 2.05) is 20.8 Å². The molecule has 0 saturated heterocycles. The first-order valence-electron chi connectivity index (χ1n) is 6.92. The maximum Gasteiger partial charge on any atom is 0.257 e. The van der Waals surface area contributed by atoms with Crippen LogP contribution in [0.3, 0.4) is 0 Å². The lowest BCUT2D eigenvalue weighted by molar-refractivity contribution is 0.0932. The molecule has 1 atom stereocenters. The average molecular weight is 288 g/mol. The molecule has 0 aliphatic rings. The molecule has 2 rings (SSSR count). The third kappa shape index (κ3) is 3.21. The molecule has 1 amide bonds. The number of aromatic amines is 1. The Morgan fingerprint density at radius 2 is 2.19 bits per heavy atom. The first-order valence-corrected chi connectivity index (χ1v) is 6.92. The predicted octanol–water partition coefficient (Wildman–Crippen LogP) is 1.61. The van der Waals surface area contributed by atoms with Gasteiger partial charge in [0.1, 0.15) is 11.4 Å². The van der Waals surface area contributed by atoms with Crippen molar-refractivity contribution >= 4 is 5.91 Å². The van der Waals surface area contributed by atoms with Gasteiger partial charge in [0, 0.05) is 36.9 Å². The van der Waals surface area contributed by atoms with E-state index in [2.05, 4.69) is 15.3 Å². The number of aryl methyl sites for hydroxylation is 3. The van der Waals surface area contributed by atoms with Gasteiger partial charge >= 0.3 is 0 Å². The first kappa shape index (κ1) is 15.0. The SMILES string of the molecule is CCC(NC(=O)c1cn(C)c(C)cc1=O)c1ncc(C)[nH]1. The van der Waals surface area contributed by atoms with Crippen LogP contribution < -0.4 is 10.7 Å². The number of H-pyrrole nitrogens is 1. The Balaban J connectivity index is 2.24. The second-order valence-electron chi connectivity index (χ2n) is 5.19. The van der Waals surface area contributed by atoms with Gasteiger partial charge < -0.3 is 14.9 Å². The van der Waals surface area contributed by atoms with Crippen molar-refractivity contribution < 1.29 is 4.79 Å². The van der Waals surface area contributed by atoms with Crippen LogP contribution in [0.15, 0.2) is 23.3 Å². The quantitative estimate of drug-likeness (QED) is 0.897. The van der Waals surface area contributed by atoms with Crippen molar-refractivity contribution in [3.63, 3.8) is 0 Å². The highest BCUT2D eigenvalue weighted by Gasteiger charge is 2.18. The smallest absolute Gasteiger partial charge is 0.257 e. The van der Waals surface area contributed by atoms with E-state index in [0.29, 0.717) is 12.2 Å². The standard InChI is InChI=1S/C15H20N4O2/c1-5-12(14-16-7-9(2)17-14)18-15(21)11-8-19(4)10(3)6-13(11)20/h6-8,12H,5H2,1-4H3,(H,16,17)(H,18,21). The lowest BCUT2D eigenvalue weighted by Crippen LogP contribution is -2.33. The molecule has 0 saturated carbocycles. The van der Waals surface area contributed by atoms with Gasteiger partial charge in [-0.05, 0) is 20.3 Å². The molecule has 2 aromatic rings. The minimum atomic E-state index is -0.378. The molecule has 0 spiro atoms. The van der Waals surface area contributed by atoms with Gasteiger partial charge in [-0.25, -0.2) is 4.98 Å². The summed E-state index contributed by atoms with van der Waals surface area (Å²) in [5, 5.41) is 2.85. The molecule has 6 nitrogen and oxygen atoms in total. The number of hydrogen-bond acceptors (Lipinski definition) is 3. The Labute approximate surface area is 123 Å². The van der Waals surface area contributed by atoms with Crippen LogP contribution in [0.2, 0.25) is 0 Å². The Morgan fingerprint density at radius 3 is 2.76 bits per heavy atom. The van der Waals surface area contributed by atoms with Crippen LogP contribution >= 0.6 is 0 Å². The molecule has 0 bridgehead atoms. The lowest BCUT2D eigenvalue weighted by atomic mass is 10.1. The molecule has 0 radical (unpaired) electrons. The summed E-state index contributed by atoms with van der Waals surface area (Å²) in [7, 11) is 1.80. The van der Waals surface area contributed by atoms with Crippen LogP contribution in [0.25, 0.3) is 0 Å². The van der Waals surface area contributed by atoms with E-state index >= 15 is 0 Å². The molecule has 2 N–H and O–H groups in total. The molecular weight excluding hydrogens is 268 g/mol. The summed E-state index contributed by atoms with van der Waals surface area (Å²) in [6.45, 7) is 5.68. The monoisotopic (exact) mass is 288 g/mol. The molecule has 0 aliphatic carbocycles. The van der Waals surface area contributed by atoms with Crippen LogP contribution in [0.5, 0.6) is 0 Å². The highest BCUT2D eigenvalue weighted by atomic mass is 16.2. The number of nitrogens with one attached hydrogen (secondary N) is 2. The second kappa shape index (κ2) is 5.95. The van der Waals surface area contributed by atoms with Crippen LogP contribution in [0, 0.1) is 13.8 Å². The van der Waals surface area contributed by atoms with E-state index in [0.717, 1.165) is 11.4 Å². The number of nitrogens with zero attached hydrogens (tertiary/aromatic N) is 2. The minimum Gasteiger partial charge on any atom is -0.354 e. The predicted molar refractivity (Wildman–Crippen MR) is 80.2 cm³/mol. The third-order valence-corrected chi connectivity index (χ3v) is 3.50. The van der Waals surface area contributed by atoms with Gasteiger partial charge in [0.25, 0.3) is 5.91 Å². The van der Waals surface area contributed by atoms with E-state index < -0.39 is 0 Å². The van der Waals surface area contributed by atoms with Crippen LogP contribution in [-0.4, -0.2) is 20.4 Å². The molecule has 112 valence electrons. The Bertz CT molecular complexity index is 715. The van der Waals surface area contributed by atoms with Crippen molar-refractivity contribution in [2.24, 2.45) is 7.05 Å². The number of amides is 1. The zero-order valence-corrected chi connectivity index (χ0v) is 12.7. The van der Waals surface area contributed by atoms with Gasteiger partial charge in [-0.1, -0.05) is 6.92 Å². The third-order valence-electron chi connectivity index (χ3n) is 3.50. The maximum absolute atomic E-state index is 12.3. The van der Waals surface area contributed by atoms with Crippen LogP contribution in [-0.2, 0) is 7.05 Å². The zero-order chi connectivity index (χ0) is 15.6. The number of imidazole rings is 1. The Hall–Kier alpha value is -2.37. The normalized spacial score (nSPS) is 12.2. The Morgan fingerprint density at radius 1 is 1.48 bits per heavy atom. The number of rotatable bonds is 4. The van der Waals surface area contributed by atoms with Crippen molar-refractivity contribution in [2.75, 3.05) is 0 Å². The molecule has 0 aromatic carbocycles. The second-order valence-corrected chi connectivity index (χ2v) is 5.19. The molecule has 0 fully saturated rings. The number of hydrogen-bond donors (Lipinski definition) is 2. The average Bonchev–Trinajstić information content (AvgIpc) is 2.86. The van der Waals surface area contributed by atoms with Crippen molar-refractivity contribution in [1.29, 1.82) is 0 Å². The molecule has 1 unspecified atom stereocenters. The number of aromatic nitrogens is 3. The van der Waals surface area contributed by atoms with Crippen molar-refractivity contribution in [1.82, 2.24) is 19.9 Å². The topological polar surface area (TPSA) is 79.8 Å². The van der Waals surface area contributed by atoms with E-state index in [-0.39, 0.29) is 22.9 Å². The van der Waals surface area contributed by atoms with Gasteiger partial charge in [0.05, 0.1) is 6.04 Å². The summed E-state index contributed by atoms with van der Waals surface area (Å²) < 4.78 is 1.76. The molecule has 21 heavy (non-hydrogen) atoms. The molecule has 6 heteroatoms. The van der Waals surface area contributed by atoms with E-state index in [4.69, 9.17) is 0 Å². The highest BCUT2D eigenvalue weighted by molar-refractivity contribution is 5.94. The molecular formula is C15H20N4O2.